The van der Waals surface area contributed by atoms with Gasteiger partial charge in [-0.25, -0.2) is 0 Å². The Morgan fingerprint density at radius 3 is 2.78 bits per heavy atom. The first-order valence-electron chi connectivity index (χ1n) is 6.40. The third-order valence-electron chi connectivity index (χ3n) is 3.25. The molecule has 18 heavy (non-hydrogen) atoms. The van der Waals surface area contributed by atoms with E-state index in [0.29, 0.717) is 6.04 Å². The van der Waals surface area contributed by atoms with Gasteiger partial charge < -0.3 is 9.67 Å². The van der Waals surface area contributed by atoms with Crippen molar-refractivity contribution in [1.82, 2.24) is 14.8 Å². The molecule has 0 saturated heterocycles. The van der Waals surface area contributed by atoms with E-state index < -0.39 is 5.97 Å². The standard InChI is InChI=1S/C12H19N3O2S/c1-3-4-10-13-14-12(18-7-11(16)17)15(10)9-5-8(2)6-9/h8-9H,3-7H2,1-2H3,(H,16,17). The minimum absolute atomic E-state index is 0.0481. The van der Waals surface area contributed by atoms with Gasteiger partial charge in [-0.2, -0.15) is 0 Å². The second-order valence-corrected chi connectivity index (χ2v) is 5.87. The Balaban J connectivity index is 2.15. The third kappa shape index (κ3) is 2.85. The van der Waals surface area contributed by atoms with Crippen molar-refractivity contribution in [2.75, 3.05) is 5.75 Å². The zero-order chi connectivity index (χ0) is 13.1. The number of aromatic nitrogens is 3. The van der Waals surface area contributed by atoms with Crippen molar-refractivity contribution in [1.29, 1.82) is 0 Å². The molecule has 0 atom stereocenters. The number of aryl methyl sites for hydroxylation is 1. The van der Waals surface area contributed by atoms with Crippen LogP contribution < -0.4 is 0 Å². The number of carbonyl (C=O) groups is 1. The average molecular weight is 269 g/mol. The van der Waals surface area contributed by atoms with Gasteiger partial charge in [0.25, 0.3) is 0 Å². The first-order valence-corrected chi connectivity index (χ1v) is 7.38. The van der Waals surface area contributed by atoms with Crippen LogP contribution in [0.15, 0.2) is 5.16 Å². The van der Waals surface area contributed by atoms with Crippen molar-refractivity contribution >= 4 is 17.7 Å². The summed E-state index contributed by atoms with van der Waals surface area (Å²) in [6, 6.07) is 0.466. The predicted molar refractivity (Wildman–Crippen MR) is 69.8 cm³/mol. The molecular weight excluding hydrogens is 250 g/mol. The summed E-state index contributed by atoms with van der Waals surface area (Å²) in [7, 11) is 0. The highest BCUT2D eigenvalue weighted by Crippen LogP contribution is 2.40. The van der Waals surface area contributed by atoms with Crippen LogP contribution in [0.4, 0.5) is 0 Å². The minimum Gasteiger partial charge on any atom is -0.481 e. The summed E-state index contributed by atoms with van der Waals surface area (Å²) in [4.78, 5) is 10.6. The molecule has 5 nitrogen and oxygen atoms in total. The SMILES string of the molecule is CCCc1nnc(SCC(=O)O)n1C1CC(C)C1. The summed E-state index contributed by atoms with van der Waals surface area (Å²) in [5, 5.41) is 17.9. The van der Waals surface area contributed by atoms with E-state index in [9.17, 15) is 4.79 Å². The topological polar surface area (TPSA) is 68.0 Å². The van der Waals surface area contributed by atoms with Gasteiger partial charge in [0.05, 0.1) is 5.75 Å². The van der Waals surface area contributed by atoms with Crippen molar-refractivity contribution in [3.8, 4) is 0 Å². The Bertz CT molecular complexity index is 427. The first-order chi connectivity index (χ1) is 8.61. The number of hydrogen-bond donors (Lipinski definition) is 1. The van der Waals surface area contributed by atoms with Gasteiger partial charge >= 0.3 is 5.97 Å². The fourth-order valence-electron chi connectivity index (χ4n) is 2.36. The van der Waals surface area contributed by atoms with Gasteiger partial charge in [-0.05, 0) is 25.2 Å². The molecule has 1 N–H and O–H groups in total. The van der Waals surface area contributed by atoms with Crippen LogP contribution in [0, 0.1) is 5.92 Å². The van der Waals surface area contributed by atoms with Gasteiger partial charge in [0.1, 0.15) is 5.82 Å². The Morgan fingerprint density at radius 1 is 1.50 bits per heavy atom. The highest BCUT2D eigenvalue weighted by Gasteiger charge is 2.31. The van der Waals surface area contributed by atoms with Gasteiger partial charge in [0.15, 0.2) is 5.16 Å². The maximum atomic E-state index is 10.6. The maximum Gasteiger partial charge on any atom is 0.313 e. The van der Waals surface area contributed by atoms with Crippen LogP contribution in [0.1, 0.15) is 45.0 Å². The van der Waals surface area contributed by atoms with Crippen molar-refractivity contribution in [2.45, 2.75) is 50.7 Å². The van der Waals surface area contributed by atoms with Gasteiger partial charge in [-0.3, -0.25) is 4.79 Å². The molecule has 0 aliphatic heterocycles. The van der Waals surface area contributed by atoms with E-state index in [4.69, 9.17) is 5.11 Å². The quantitative estimate of drug-likeness (QED) is 0.803. The number of thioether (sulfide) groups is 1. The zero-order valence-corrected chi connectivity index (χ0v) is 11.6. The fraction of sp³-hybridized carbons (Fsp3) is 0.750. The molecule has 0 spiro atoms. The molecule has 2 rings (SSSR count). The van der Waals surface area contributed by atoms with E-state index in [2.05, 4.69) is 28.6 Å². The minimum atomic E-state index is -0.812. The zero-order valence-electron chi connectivity index (χ0n) is 10.8. The van der Waals surface area contributed by atoms with Crippen LogP contribution in [0.3, 0.4) is 0 Å². The van der Waals surface area contributed by atoms with Crippen molar-refractivity contribution in [3.63, 3.8) is 0 Å². The Morgan fingerprint density at radius 2 is 2.22 bits per heavy atom. The summed E-state index contributed by atoms with van der Waals surface area (Å²) in [5.41, 5.74) is 0. The summed E-state index contributed by atoms with van der Waals surface area (Å²) < 4.78 is 2.16. The molecule has 1 aromatic heterocycles. The average Bonchev–Trinajstić information content (AvgIpc) is 2.65. The molecule has 0 aromatic carbocycles. The van der Waals surface area contributed by atoms with E-state index in [1.54, 1.807) is 0 Å². The Hall–Kier alpha value is -1.04. The van der Waals surface area contributed by atoms with Crippen LogP contribution >= 0.6 is 11.8 Å². The molecule has 0 bridgehead atoms. The fourth-order valence-corrected chi connectivity index (χ4v) is 3.11. The number of hydrogen-bond acceptors (Lipinski definition) is 4. The molecule has 6 heteroatoms. The monoisotopic (exact) mass is 269 g/mol. The molecule has 1 aliphatic carbocycles. The van der Waals surface area contributed by atoms with E-state index >= 15 is 0 Å². The molecule has 100 valence electrons. The first kappa shape index (κ1) is 13.4. The van der Waals surface area contributed by atoms with E-state index in [0.717, 1.165) is 42.6 Å². The lowest BCUT2D eigenvalue weighted by Crippen LogP contribution is -2.26. The van der Waals surface area contributed by atoms with Gasteiger partial charge in [-0.1, -0.05) is 25.6 Å². The van der Waals surface area contributed by atoms with E-state index in [1.807, 2.05) is 0 Å². The summed E-state index contributed by atoms with van der Waals surface area (Å²) >= 11 is 1.27. The van der Waals surface area contributed by atoms with Crippen LogP contribution in [0.2, 0.25) is 0 Å². The molecule has 0 amide bonds. The van der Waals surface area contributed by atoms with E-state index in [-0.39, 0.29) is 5.75 Å². The molecule has 1 fully saturated rings. The number of carboxylic acids is 1. The highest BCUT2D eigenvalue weighted by molar-refractivity contribution is 7.99. The van der Waals surface area contributed by atoms with Gasteiger partial charge in [0, 0.05) is 12.5 Å². The number of carboxylic acid groups (broad SMARTS) is 1. The lowest BCUT2D eigenvalue weighted by molar-refractivity contribution is -0.133. The van der Waals surface area contributed by atoms with Gasteiger partial charge in [0.2, 0.25) is 0 Å². The van der Waals surface area contributed by atoms with Crippen LogP contribution in [-0.2, 0) is 11.2 Å². The molecule has 1 saturated carbocycles. The predicted octanol–water partition coefficient (Wildman–Crippen LogP) is 2.38. The number of aliphatic carboxylic acids is 1. The Kier molecular flexibility index (Phi) is 4.27. The summed E-state index contributed by atoms with van der Waals surface area (Å²) in [5.74, 6) is 0.993. The van der Waals surface area contributed by atoms with Crippen molar-refractivity contribution < 1.29 is 9.90 Å². The molecule has 0 radical (unpaired) electrons. The molecule has 1 heterocycles. The highest BCUT2D eigenvalue weighted by atomic mass is 32.2. The van der Waals surface area contributed by atoms with Crippen molar-refractivity contribution in [2.24, 2.45) is 5.92 Å². The number of nitrogens with zero attached hydrogens (tertiary/aromatic N) is 3. The smallest absolute Gasteiger partial charge is 0.313 e. The van der Waals surface area contributed by atoms with Gasteiger partial charge in [-0.15, -0.1) is 10.2 Å². The second-order valence-electron chi connectivity index (χ2n) is 4.93. The van der Waals surface area contributed by atoms with Crippen LogP contribution in [0.5, 0.6) is 0 Å². The van der Waals surface area contributed by atoms with E-state index in [1.165, 1.54) is 11.8 Å². The summed E-state index contributed by atoms with van der Waals surface area (Å²) in [6.45, 7) is 4.36. The van der Waals surface area contributed by atoms with Crippen LogP contribution in [-0.4, -0.2) is 31.6 Å². The second kappa shape index (κ2) is 5.73. The molecule has 1 aliphatic rings. The number of rotatable bonds is 6. The van der Waals surface area contributed by atoms with Crippen LogP contribution in [0.25, 0.3) is 0 Å². The van der Waals surface area contributed by atoms with Crippen molar-refractivity contribution in [3.05, 3.63) is 5.82 Å². The lowest BCUT2D eigenvalue weighted by Gasteiger charge is -2.35. The molecular formula is C12H19N3O2S. The normalized spacial score (nSPS) is 22.8. The largest absolute Gasteiger partial charge is 0.481 e. The lowest BCUT2D eigenvalue weighted by atomic mass is 9.81. The molecule has 1 aromatic rings. The third-order valence-corrected chi connectivity index (χ3v) is 4.18. The summed E-state index contributed by atoms with van der Waals surface area (Å²) in [6.07, 6.45) is 4.24. The molecule has 0 unspecified atom stereocenters. The Labute approximate surface area is 111 Å². The maximum absolute atomic E-state index is 10.6.